The average Bonchev–Trinajstić information content (AvgIpc) is 2.77. The van der Waals surface area contributed by atoms with Gasteiger partial charge in [-0.15, -0.1) is 0 Å². The molecule has 2 rings (SSSR count). The van der Waals surface area contributed by atoms with E-state index in [4.69, 9.17) is 0 Å². The number of allylic oxidation sites excluding steroid dienone is 8. The molecule has 0 amide bonds. The molecule has 0 aliphatic heterocycles. The molecule has 0 fully saturated rings. The van der Waals surface area contributed by atoms with Crippen LogP contribution in [0.3, 0.4) is 0 Å². The number of rotatable bonds is 2. The van der Waals surface area contributed by atoms with Crippen LogP contribution in [0.15, 0.2) is 47.6 Å². The van der Waals surface area contributed by atoms with Gasteiger partial charge in [0.05, 0.1) is 0 Å². The summed E-state index contributed by atoms with van der Waals surface area (Å²) in [7, 11) is 0. The van der Waals surface area contributed by atoms with Gasteiger partial charge in [-0.1, -0.05) is 0 Å². The Labute approximate surface area is 89.9 Å². The van der Waals surface area contributed by atoms with E-state index in [2.05, 4.69) is 56.9 Å². The number of halogens is 1. The van der Waals surface area contributed by atoms with Crippen molar-refractivity contribution in [1.29, 1.82) is 0 Å². The summed E-state index contributed by atoms with van der Waals surface area (Å²) >= 11 is 2.30. The van der Waals surface area contributed by atoms with Gasteiger partial charge in [-0.25, -0.2) is 0 Å². The van der Waals surface area contributed by atoms with E-state index in [-0.39, 0.29) is 4.70 Å². The van der Waals surface area contributed by atoms with Crippen LogP contribution < -0.4 is 4.70 Å². The summed E-state index contributed by atoms with van der Waals surface area (Å²) in [6, 6.07) is 0. The second-order valence-electron chi connectivity index (χ2n) is 3.18. The molecular weight excluding hydrogens is 199 g/mol. The maximum absolute atomic E-state index is 2.30. The zero-order valence-corrected chi connectivity index (χ0v) is 8.90. The molecule has 0 saturated heterocycles. The quantitative estimate of drug-likeness (QED) is 0.567. The fraction of sp³-hybridized carbons (Fsp3) is 0.273. The van der Waals surface area contributed by atoms with Crippen LogP contribution in [0.5, 0.6) is 0 Å². The van der Waals surface area contributed by atoms with Gasteiger partial charge in [0.2, 0.25) is 0 Å². The van der Waals surface area contributed by atoms with Crippen LogP contribution in [-0.2, 0) is 20.4 Å². The van der Waals surface area contributed by atoms with Crippen LogP contribution in [-0.4, -0.2) is 0 Å². The van der Waals surface area contributed by atoms with Crippen LogP contribution in [0.2, 0.25) is 4.22 Å². The molecule has 2 aliphatic rings. The van der Waals surface area contributed by atoms with E-state index in [0.717, 1.165) is 12.8 Å². The standard InChI is InChI=1S/C11H11.FH.Ti/c1-2-6-10(5-1)9-11-7-3-4-8-11;;/h1-5,7,9H,6,8H2;1H;/q;;+1/p-1. The van der Waals surface area contributed by atoms with Gasteiger partial charge in [-0.3, -0.25) is 0 Å². The molecule has 0 aromatic rings. The molecule has 0 aromatic carbocycles. The third-order valence-corrected chi connectivity index (χ3v) is 3.50. The van der Waals surface area contributed by atoms with Crippen molar-refractivity contribution in [2.45, 2.75) is 17.1 Å². The molecule has 2 aliphatic carbocycles. The molecule has 0 atom stereocenters. The van der Waals surface area contributed by atoms with E-state index in [0.29, 0.717) is 4.22 Å². The van der Waals surface area contributed by atoms with E-state index in [9.17, 15) is 0 Å². The van der Waals surface area contributed by atoms with Crippen molar-refractivity contribution in [2.24, 2.45) is 0 Å². The van der Waals surface area contributed by atoms with Gasteiger partial charge < -0.3 is 4.70 Å². The molecular formula is C11H11FTi. The first kappa shape index (κ1) is 10.7. The Hall–Kier alpha value is -0.396. The monoisotopic (exact) mass is 210 g/mol. The van der Waals surface area contributed by atoms with Crippen LogP contribution in [0.1, 0.15) is 12.8 Å². The molecule has 0 nitrogen and oxygen atoms in total. The number of hydrogen-bond acceptors (Lipinski definition) is 0. The Bertz CT molecular complexity index is 267. The van der Waals surface area contributed by atoms with Gasteiger partial charge in [0.1, 0.15) is 0 Å². The summed E-state index contributed by atoms with van der Waals surface area (Å²) in [5, 5.41) is 0. The van der Waals surface area contributed by atoms with Crippen LogP contribution >= 0.6 is 0 Å². The molecule has 0 unspecified atom stereocenters. The molecule has 0 radical (unpaired) electrons. The SMILES string of the molecule is [F-].[Ti+][CH](C1=CC=CC1)C1=CC=CC1. The number of hydrogen-bond donors (Lipinski definition) is 0. The molecule has 0 saturated carbocycles. The van der Waals surface area contributed by atoms with Crippen LogP contribution in [0.25, 0.3) is 0 Å². The minimum atomic E-state index is 0. The molecule has 0 N–H and O–H groups in total. The second kappa shape index (κ2) is 4.73. The predicted molar refractivity (Wildman–Crippen MR) is 47.4 cm³/mol. The predicted octanol–water partition coefficient (Wildman–Crippen LogP) is 0.0983. The van der Waals surface area contributed by atoms with Crippen molar-refractivity contribution in [3.05, 3.63) is 47.6 Å². The molecule has 0 spiro atoms. The second-order valence-corrected chi connectivity index (χ2v) is 4.08. The summed E-state index contributed by atoms with van der Waals surface area (Å²) in [5.74, 6) is 0. The van der Waals surface area contributed by atoms with Gasteiger partial charge in [0.15, 0.2) is 0 Å². The Kier molecular flexibility index (Phi) is 3.89. The first-order valence-electron chi connectivity index (χ1n) is 4.30. The maximum atomic E-state index is 2.30. The van der Waals surface area contributed by atoms with Gasteiger partial charge in [0.25, 0.3) is 0 Å². The third-order valence-electron chi connectivity index (χ3n) is 2.34. The summed E-state index contributed by atoms with van der Waals surface area (Å²) in [5.41, 5.74) is 3.12. The Morgan fingerprint density at radius 2 is 1.46 bits per heavy atom. The molecule has 0 heterocycles. The van der Waals surface area contributed by atoms with Crippen molar-refractivity contribution in [2.75, 3.05) is 0 Å². The van der Waals surface area contributed by atoms with E-state index in [1.54, 1.807) is 11.1 Å². The average molecular weight is 210 g/mol. The zero-order valence-electron chi connectivity index (χ0n) is 7.33. The molecule has 0 bridgehead atoms. The third kappa shape index (κ3) is 2.29. The fourth-order valence-corrected chi connectivity index (χ4v) is 2.26. The van der Waals surface area contributed by atoms with Gasteiger partial charge in [-0.2, -0.15) is 0 Å². The Balaban J connectivity index is 0.000000845. The Morgan fingerprint density at radius 3 is 1.77 bits per heavy atom. The summed E-state index contributed by atoms with van der Waals surface area (Å²) in [6.45, 7) is 0. The molecule has 66 valence electrons. The van der Waals surface area contributed by atoms with Gasteiger partial charge in [0, 0.05) is 0 Å². The van der Waals surface area contributed by atoms with Gasteiger partial charge >= 0.3 is 85.1 Å². The first-order chi connectivity index (χ1) is 5.88. The van der Waals surface area contributed by atoms with E-state index in [1.807, 2.05) is 0 Å². The fourth-order valence-electron chi connectivity index (χ4n) is 1.59. The summed E-state index contributed by atoms with van der Waals surface area (Å²) < 4.78 is 0.648. The normalized spacial score (nSPS) is 18.8. The van der Waals surface area contributed by atoms with Crippen molar-refractivity contribution in [3.8, 4) is 0 Å². The van der Waals surface area contributed by atoms with Crippen LogP contribution in [0, 0.1) is 0 Å². The molecule has 0 aromatic heterocycles. The summed E-state index contributed by atoms with van der Waals surface area (Å²) in [6.07, 6.45) is 15.6. The zero-order chi connectivity index (χ0) is 8.39. The minimum absolute atomic E-state index is 0. The van der Waals surface area contributed by atoms with E-state index < -0.39 is 0 Å². The first-order valence-corrected chi connectivity index (χ1v) is 5.20. The van der Waals surface area contributed by atoms with Crippen molar-refractivity contribution in [1.82, 2.24) is 0 Å². The van der Waals surface area contributed by atoms with Crippen LogP contribution in [0.4, 0.5) is 0 Å². The molecule has 2 heteroatoms. The van der Waals surface area contributed by atoms with E-state index in [1.165, 1.54) is 0 Å². The van der Waals surface area contributed by atoms with Crippen molar-refractivity contribution < 1.29 is 25.1 Å². The van der Waals surface area contributed by atoms with E-state index >= 15 is 0 Å². The topological polar surface area (TPSA) is 0 Å². The van der Waals surface area contributed by atoms with Crippen molar-refractivity contribution in [3.63, 3.8) is 0 Å². The summed E-state index contributed by atoms with van der Waals surface area (Å²) in [4.78, 5) is 0. The van der Waals surface area contributed by atoms with Crippen molar-refractivity contribution >= 4 is 0 Å². The molecule has 13 heavy (non-hydrogen) atoms. The Morgan fingerprint density at radius 1 is 1.00 bits per heavy atom. The van der Waals surface area contributed by atoms with Gasteiger partial charge in [-0.05, 0) is 0 Å².